The number of rotatable bonds is 1. The molecule has 0 fully saturated rings. The molecule has 0 unspecified atom stereocenters. The summed E-state index contributed by atoms with van der Waals surface area (Å²) in [5.41, 5.74) is 3.34. The molecule has 24 heavy (non-hydrogen) atoms. The number of halogens is 1. The van der Waals surface area contributed by atoms with E-state index >= 15 is 0 Å². The lowest BCUT2D eigenvalue weighted by atomic mass is 10.1. The fourth-order valence-corrected chi connectivity index (χ4v) is 4.80. The molecule has 120 valence electrons. The molecule has 0 radical (unpaired) electrons. The number of fused-ring (bicyclic) bond motifs is 5. The number of benzene rings is 1. The zero-order valence-electron chi connectivity index (χ0n) is 13.0. The summed E-state index contributed by atoms with van der Waals surface area (Å²) in [5.74, 6) is 0.717. The highest BCUT2D eigenvalue weighted by atomic mass is 35.5. The quantitative estimate of drug-likeness (QED) is 0.455. The molecule has 6 heteroatoms. The average molecular weight is 355 g/mol. The molecule has 0 atom stereocenters. The van der Waals surface area contributed by atoms with Crippen molar-refractivity contribution in [2.75, 3.05) is 0 Å². The lowest BCUT2D eigenvalue weighted by molar-refractivity contribution is 0.713. The minimum absolute atomic E-state index is 0.717. The SMILES string of the molecule is Clc1ccc(-c2nc3c4c5c(sc4ncn3n2)CCCCC5)cc1. The van der Waals surface area contributed by atoms with Crippen LogP contribution in [0.15, 0.2) is 30.6 Å². The van der Waals surface area contributed by atoms with Crippen LogP contribution in [0.25, 0.3) is 27.3 Å². The van der Waals surface area contributed by atoms with Crippen molar-refractivity contribution in [1.29, 1.82) is 0 Å². The van der Waals surface area contributed by atoms with Crippen LogP contribution in [0.5, 0.6) is 0 Å². The van der Waals surface area contributed by atoms with Crippen LogP contribution in [0, 0.1) is 0 Å². The monoisotopic (exact) mass is 354 g/mol. The lowest BCUT2D eigenvalue weighted by Gasteiger charge is -1.98. The fraction of sp³-hybridized carbons (Fsp3) is 0.278. The number of hydrogen-bond donors (Lipinski definition) is 0. The third-order valence-corrected chi connectivity index (χ3v) is 6.10. The Morgan fingerprint density at radius 2 is 1.88 bits per heavy atom. The number of aryl methyl sites for hydroxylation is 2. The van der Waals surface area contributed by atoms with Gasteiger partial charge in [0.25, 0.3) is 0 Å². The molecule has 4 nitrogen and oxygen atoms in total. The minimum Gasteiger partial charge on any atom is -0.225 e. The maximum atomic E-state index is 5.98. The number of thiophene rings is 1. The van der Waals surface area contributed by atoms with E-state index in [1.165, 1.54) is 41.5 Å². The summed E-state index contributed by atoms with van der Waals surface area (Å²) in [5, 5.41) is 6.54. The predicted octanol–water partition coefficient (Wildman–Crippen LogP) is 4.93. The molecular weight excluding hydrogens is 340 g/mol. The van der Waals surface area contributed by atoms with Gasteiger partial charge in [-0.1, -0.05) is 18.0 Å². The average Bonchev–Trinajstić information content (AvgIpc) is 3.09. The second-order valence-electron chi connectivity index (χ2n) is 6.20. The second kappa shape index (κ2) is 5.53. The van der Waals surface area contributed by atoms with Gasteiger partial charge in [0, 0.05) is 15.5 Å². The Hall–Kier alpha value is -1.98. The van der Waals surface area contributed by atoms with Crippen molar-refractivity contribution in [3.05, 3.63) is 46.1 Å². The van der Waals surface area contributed by atoms with Crippen LogP contribution in [-0.2, 0) is 12.8 Å². The van der Waals surface area contributed by atoms with E-state index in [9.17, 15) is 0 Å². The molecule has 0 aliphatic heterocycles. The van der Waals surface area contributed by atoms with E-state index in [-0.39, 0.29) is 0 Å². The van der Waals surface area contributed by atoms with Crippen molar-refractivity contribution in [3.8, 4) is 11.4 Å². The van der Waals surface area contributed by atoms with Crippen molar-refractivity contribution in [3.63, 3.8) is 0 Å². The predicted molar refractivity (Wildman–Crippen MR) is 97.9 cm³/mol. The Morgan fingerprint density at radius 3 is 2.75 bits per heavy atom. The molecule has 1 aliphatic carbocycles. The molecule has 0 amide bonds. The Morgan fingerprint density at radius 1 is 1.04 bits per heavy atom. The highest BCUT2D eigenvalue weighted by Gasteiger charge is 2.20. The van der Waals surface area contributed by atoms with Gasteiger partial charge in [0.05, 0.1) is 5.39 Å². The topological polar surface area (TPSA) is 43.1 Å². The third-order valence-electron chi connectivity index (χ3n) is 4.64. The van der Waals surface area contributed by atoms with E-state index in [0.29, 0.717) is 0 Å². The van der Waals surface area contributed by atoms with Crippen molar-refractivity contribution in [2.24, 2.45) is 0 Å². The highest BCUT2D eigenvalue weighted by molar-refractivity contribution is 7.19. The molecule has 0 N–H and O–H groups in total. The van der Waals surface area contributed by atoms with Crippen molar-refractivity contribution in [1.82, 2.24) is 19.6 Å². The third kappa shape index (κ3) is 2.23. The molecule has 4 aromatic rings. The molecule has 0 bridgehead atoms. The fourth-order valence-electron chi connectivity index (χ4n) is 3.45. The van der Waals surface area contributed by atoms with Crippen LogP contribution in [0.2, 0.25) is 5.02 Å². The summed E-state index contributed by atoms with van der Waals surface area (Å²) < 4.78 is 1.81. The van der Waals surface area contributed by atoms with Gasteiger partial charge in [-0.05, 0) is 55.5 Å². The number of hydrogen-bond acceptors (Lipinski definition) is 4. The highest BCUT2D eigenvalue weighted by Crippen LogP contribution is 2.36. The van der Waals surface area contributed by atoms with E-state index in [1.807, 2.05) is 40.1 Å². The van der Waals surface area contributed by atoms with Gasteiger partial charge >= 0.3 is 0 Å². The smallest absolute Gasteiger partial charge is 0.182 e. The molecule has 0 spiro atoms. The van der Waals surface area contributed by atoms with Crippen LogP contribution in [0.1, 0.15) is 29.7 Å². The van der Waals surface area contributed by atoms with Gasteiger partial charge in [-0.2, -0.15) is 0 Å². The minimum atomic E-state index is 0.717. The van der Waals surface area contributed by atoms with Crippen LogP contribution in [0.3, 0.4) is 0 Å². The molecule has 1 aromatic carbocycles. The first-order valence-corrected chi connectivity index (χ1v) is 9.40. The van der Waals surface area contributed by atoms with Crippen molar-refractivity contribution < 1.29 is 0 Å². The Labute approximate surface area is 148 Å². The van der Waals surface area contributed by atoms with E-state index in [2.05, 4.69) is 10.1 Å². The van der Waals surface area contributed by atoms with E-state index in [1.54, 1.807) is 6.33 Å². The zero-order valence-corrected chi connectivity index (χ0v) is 14.6. The summed E-state index contributed by atoms with van der Waals surface area (Å²) in [4.78, 5) is 12.0. The van der Waals surface area contributed by atoms with Crippen LogP contribution < -0.4 is 0 Å². The normalized spacial score (nSPS) is 14.9. The van der Waals surface area contributed by atoms with E-state index in [0.717, 1.165) is 33.3 Å². The van der Waals surface area contributed by atoms with Gasteiger partial charge in [0.2, 0.25) is 0 Å². The van der Waals surface area contributed by atoms with Crippen LogP contribution >= 0.6 is 22.9 Å². The summed E-state index contributed by atoms with van der Waals surface area (Å²) in [6, 6.07) is 7.64. The van der Waals surface area contributed by atoms with Gasteiger partial charge in [-0.25, -0.2) is 14.5 Å². The number of aromatic nitrogens is 4. The molecule has 0 saturated carbocycles. The van der Waals surface area contributed by atoms with E-state index < -0.39 is 0 Å². The molecule has 5 rings (SSSR count). The standard InChI is InChI=1S/C18H15ClN4S/c19-12-8-6-11(7-9-12)16-21-17-15-13-4-2-1-3-5-14(13)24-18(15)20-10-23(17)22-16/h6-10H,1-5H2. The van der Waals surface area contributed by atoms with Gasteiger partial charge < -0.3 is 0 Å². The van der Waals surface area contributed by atoms with Crippen LogP contribution in [0.4, 0.5) is 0 Å². The first-order chi connectivity index (χ1) is 11.8. The number of nitrogens with zero attached hydrogens (tertiary/aromatic N) is 4. The molecule has 1 aliphatic rings. The lowest BCUT2D eigenvalue weighted by Crippen LogP contribution is -1.92. The first kappa shape index (κ1) is 14.4. The molecule has 3 aromatic heterocycles. The molecule has 3 heterocycles. The Bertz CT molecular complexity index is 1050. The van der Waals surface area contributed by atoms with Crippen LogP contribution in [-0.4, -0.2) is 19.6 Å². The molecular formula is C18H15ClN4S. The maximum Gasteiger partial charge on any atom is 0.182 e. The maximum absolute atomic E-state index is 5.98. The van der Waals surface area contributed by atoms with Gasteiger partial charge in [0.15, 0.2) is 11.5 Å². The zero-order chi connectivity index (χ0) is 16.1. The van der Waals surface area contributed by atoms with E-state index in [4.69, 9.17) is 16.6 Å². The first-order valence-electron chi connectivity index (χ1n) is 8.21. The van der Waals surface area contributed by atoms with Crippen molar-refractivity contribution in [2.45, 2.75) is 32.1 Å². The Balaban J connectivity index is 1.75. The van der Waals surface area contributed by atoms with Gasteiger partial charge in [-0.3, -0.25) is 0 Å². The summed E-state index contributed by atoms with van der Waals surface area (Å²) in [6.07, 6.45) is 7.90. The van der Waals surface area contributed by atoms with Gasteiger partial charge in [0.1, 0.15) is 11.2 Å². The molecule has 0 saturated heterocycles. The summed E-state index contributed by atoms with van der Waals surface area (Å²) in [6.45, 7) is 0. The largest absolute Gasteiger partial charge is 0.225 e. The summed E-state index contributed by atoms with van der Waals surface area (Å²) in [7, 11) is 0. The Kier molecular flexibility index (Phi) is 3.31. The second-order valence-corrected chi connectivity index (χ2v) is 7.72. The summed E-state index contributed by atoms with van der Waals surface area (Å²) >= 11 is 7.81. The van der Waals surface area contributed by atoms with Crippen molar-refractivity contribution >= 4 is 38.8 Å². The van der Waals surface area contributed by atoms with Gasteiger partial charge in [-0.15, -0.1) is 16.4 Å².